The van der Waals surface area contributed by atoms with Crippen LogP contribution in [0.25, 0.3) is 0 Å². The molecule has 0 aromatic heterocycles. The van der Waals surface area contributed by atoms with Crippen LogP contribution >= 0.6 is 0 Å². The van der Waals surface area contributed by atoms with E-state index in [1.54, 1.807) is 55.6 Å². The summed E-state index contributed by atoms with van der Waals surface area (Å²) >= 11 is 0. The predicted molar refractivity (Wildman–Crippen MR) is 116 cm³/mol. The number of methoxy groups -OCH3 is 1. The lowest BCUT2D eigenvalue weighted by Gasteiger charge is -2.13. The maximum Gasteiger partial charge on any atom is 0.233 e. The molecule has 0 bridgehead atoms. The first-order chi connectivity index (χ1) is 13.9. The fourth-order valence-corrected chi connectivity index (χ4v) is 3.10. The van der Waals surface area contributed by atoms with E-state index >= 15 is 0 Å². The number of hydrogen-bond donors (Lipinski definition) is 0. The number of Topliss-reactive ketones (excluding diaryl/α,β-unsaturated/α-hetero) is 2. The molecule has 0 saturated carbocycles. The van der Waals surface area contributed by atoms with Gasteiger partial charge in [0.05, 0.1) is 13.7 Å². The lowest BCUT2D eigenvalue weighted by atomic mass is 9.98. The first-order valence-corrected chi connectivity index (χ1v) is 10.4. The molecule has 0 amide bonds. The molecule has 2 rings (SSSR count). The standard InChI is InChI=1S/C25H32O4/c1-18(2)6-5-7-19(3)16-17-29-23-14-10-21(11-15-23)25(27)24(26)20-8-12-22(28-4)13-9-20/h8-15,18-19H,5-7,16-17H2,1-4H3. The van der Waals surface area contributed by atoms with Gasteiger partial charge in [-0.15, -0.1) is 0 Å². The third-order valence-electron chi connectivity index (χ3n) is 5.03. The van der Waals surface area contributed by atoms with Gasteiger partial charge < -0.3 is 9.47 Å². The van der Waals surface area contributed by atoms with Crippen LogP contribution in [0, 0.1) is 11.8 Å². The highest BCUT2D eigenvalue weighted by atomic mass is 16.5. The van der Waals surface area contributed by atoms with Crippen LogP contribution in [0.3, 0.4) is 0 Å². The van der Waals surface area contributed by atoms with Crippen molar-refractivity contribution in [3.63, 3.8) is 0 Å². The molecule has 0 heterocycles. The number of carbonyl (C=O) groups is 2. The van der Waals surface area contributed by atoms with Gasteiger partial charge in [0.25, 0.3) is 0 Å². The lowest BCUT2D eigenvalue weighted by molar-refractivity contribution is 0.0817. The number of hydrogen-bond acceptors (Lipinski definition) is 4. The van der Waals surface area contributed by atoms with Gasteiger partial charge in [-0.25, -0.2) is 0 Å². The van der Waals surface area contributed by atoms with Gasteiger partial charge in [0, 0.05) is 11.1 Å². The van der Waals surface area contributed by atoms with E-state index in [2.05, 4.69) is 20.8 Å². The molecule has 0 fully saturated rings. The number of ether oxygens (including phenoxy) is 2. The van der Waals surface area contributed by atoms with Crippen LogP contribution < -0.4 is 9.47 Å². The molecule has 2 aromatic carbocycles. The summed E-state index contributed by atoms with van der Waals surface area (Å²) in [6.07, 6.45) is 4.77. The highest BCUT2D eigenvalue weighted by Crippen LogP contribution is 2.19. The summed E-state index contributed by atoms with van der Waals surface area (Å²) in [6, 6.07) is 13.3. The maximum atomic E-state index is 12.4. The fourth-order valence-electron chi connectivity index (χ4n) is 3.10. The SMILES string of the molecule is COc1ccc(C(=O)C(=O)c2ccc(OCCC(C)CCCC(C)C)cc2)cc1. The molecule has 4 nitrogen and oxygen atoms in total. The van der Waals surface area contributed by atoms with E-state index in [0.29, 0.717) is 35.2 Å². The molecule has 0 spiro atoms. The predicted octanol–water partition coefficient (Wildman–Crippen LogP) is 5.99. The Hall–Kier alpha value is -2.62. The largest absolute Gasteiger partial charge is 0.497 e. The van der Waals surface area contributed by atoms with Crippen molar-refractivity contribution in [1.82, 2.24) is 0 Å². The molecular weight excluding hydrogens is 364 g/mol. The van der Waals surface area contributed by atoms with E-state index < -0.39 is 11.6 Å². The van der Waals surface area contributed by atoms with Crippen molar-refractivity contribution in [2.45, 2.75) is 46.5 Å². The summed E-state index contributed by atoms with van der Waals surface area (Å²) in [5, 5.41) is 0. The smallest absolute Gasteiger partial charge is 0.233 e. The topological polar surface area (TPSA) is 52.6 Å². The van der Waals surface area contributed by atoms with Gasteiger partial charge >= 0.3 is 0 Å². The summed E-state index contributed by atoms with van der Waals surface area (Å²) in [4.78, 5) is 24.8. The number of rotatable bonds is 12. The zero-order valence-electron chi connectivity index (χ0n) is 17.9. The van der Waals surface area contributed by atoms with Crippen LogP contribution in [0.4, 0.5) is 0 Å². The molecule has 0 aliphatic rings. The molecule has 0 radical (unpaired) electrons. The number of ketones is 2. The maximum absolute atomic E-state index is 12.4. The van der Waals surface area contributed by atoms with Crippen LogP contribution in [0.2, 0.25) is 0 Å². The summed E-state index contributed by atoms with van der Waals surface area (Å²) < 4.78 is 10.9. The number of carbonyl (C=O) groups excluding carboxylic acids is 2. The Morgan fingerprint density at radius 3 is 1.76 bits per heavy atom. The van der Waals surface area contributed by atoms with E-state index in [9.17, 15) is 9.59 Å². The Morgan fingerprint density at radius 1 is 0.759 bits per heavy atom. The minimum Gasteiger partial charge on any atom is -0.497 e. The molecule has 0 saturated heterocycles. The van der Waals surface area contributed by atoms with Crippen molar-refractivity contribution in [2.75, 3.05) is 13.7 Å². The fraction of sp³-hybridized carbons (Fsp3) is 0.440. The quantitative estimate of drug-likeness (QED) is 0.326. The second-order valence-corrected chi connectivity index (χ2v) is 7.98. The molecule has 1 unspecified atom stereocenters. The Morgan fingerprint density at radius 2 is 1.28 bits per heavy atom. The lowest BCUT2D eigenvalue weighted by Crippen LogP contribution is -2.14. The highest BCUT2D eigenvalue weighted by molar-refractivity contribution is 6.49. The van der Waals surface area contributed by atoms with Gasteiger partial charge in [-0.3, -0.25) is 9.59 Å². The second-order valence-electron chi connectivity index (χ2n) is 7.98. The van der Waals surface area contributed by atoms with E-state index in [0.717, 1.165) is 12.3 Å². The summed E-state index contributed by atoms with van der Waals surface area (Å²) in [5.74, 6) is 1.70. The van der Waals surface area contributed by atoms with Gasteiger partial charge in [-0.05, 0) is 66.8 Å². The summed E-state index contributed by atoms with van der Waals surface area (Å²) in [7, 11) is 1.55. The van der Waals surface area contributed by atoms with Crippen LogP contribution in [-0.2, 0) is 0 Å². The van der Waals surface area contributed by atoms with Crippen molar-refractivity contribution in [3.05, 3.63) is 59.7 Å². The third-order valence-corrected chi connectivity index (χ3v) is 5.03. The zero-order chi connectivity index (χ0) is 21.2. The van der Waals surface area contributed by atoms with E-state index in [-0.39, 0.29) is 0 Å². The van der Waals surface area contributed by atoms with Gasteiger partial charge in [-0.2, -0.15) is 0 Å². The van der Waals surface area contributed by atoms with Crippen LogP contribution in [-0.4, -0.2) is 25.3 Å². The molecule has 0 N–H and O–H groups in total. The van der Waals surface area contributed by atoms with Crippen molar-refractivity contribution < 1.29 is 19.1 Å². The Labute approximate surface area is 174 Å². The highest BCUT2D eigenvalue weighted by Gasteiger charge is 2.18. The molecule has 29 heavy (non-hydrogen) atoms. The Kier molecular flexibility index (Phi) is 8.91. The molecular formula is C25H32O4. The molecule has 1 atom stereocenters. The van der Waals surface area contributed by atoms with Crippen molar-refractivity contribution in [1.29, 1.82) is 0 Å². The second kappa shape index (κ2) is 11.4. The summed E-state index contributed by atoms with van der Waals surface area (Å²) in [5.41, 5.74) is 0.711. The van der Waals surface area contributed by atoms with Crippen molar-refractivity contribution >= 4 is 11.6 Å². The van der Waals surface area contributed by atoms with Crippen LogP contribution in [0.5, 0.6) is 11.5 Å². The average molecular weight is 397 g/mol. The minimum absolute atomic E-state index is 0.350. The van der Waals surface area contributed by atoms with Crippen LogP contribution in [0.1, 0.15) is 67.2 Å². The van der Waals surface area contributed by atoms with E-state index in [4.69, 9.17) is 9.47 Å². The first kappa shape index (κ1) is 22.7. The van der Waals surface area contributed by atoms with Crippen LogP contribution in [0.15, 0.2) is 48.5 Å². The first-order valence-electron chi connectivity index (χ1n) is 10.4. The summed E-state index contributed by atoms with van der Waals surface area (Å²) in [6.45, 7) is 7.43. The molecule has 156 valence electrons. The minimum atomic E-state index is -0.531. The van der Waals surface area contributed by atoms with Gasteiger partial charge in [-0.1, -0.05) is 40.0 Å². The average Bonchev–Trinajstić information content (AvgIpc) is 2.73. The molecule has 0 aliphatic carbocycles. The zero-order valence-corrected chi connectivity index (χ0v) is 17.9. The van der Waals surface area contributed by atoms with E-state index in [1.165, 1.54) is 19.3 Å². The molecule has 4 heteroatoms. The van der Waals surface area contributed by atoms with Gasteiger partial charge in [0.1, 0.15) is 11.5 Å². The molecule has 2 aromatic rings. The van der Waals surface area contributed by atoms with Crippen molar-refractivity contribution in [2.24, 2.45) is 11.8 Å². The van der Waals surface area contributed by atoms with Crippen molar-refractivity contribution in [3.8, 4) is 11.5 Å². The monoisotopic (exact) mass is 396 g/mol. The number of benzene rings is 2. The normalized spacial score (nSPS) is 11.9. The Bertz CT molecular complexity index is 775. The van der Waals surface area contributed by atoms with E-state index in [1.807, 2.05) is 0 Å². The Balaban J connectivity index is 1.82. The van der Waals surface area contributed by atoms with Gasteiger partial charge in [0.15, 0.2) is 0 Å². The molecule has 0 aliphatic heterocycles. The van der Waals surface area contributed by atoms with Gasteiger partial charge in [0.2, 0.25) is 11.6 Å². The third kappa shape index (κ3) is 7.37.